The molecule has 0 saturated carbocycles. The molecule has 31 heavy (non-hydrogen) atoms. The highest BCUT2D eigenvalue weighted by molar-refractivity contribution is 5.98. The summed E-state index contributed by atoms with van der Waals surface area (Å²) < 4.78 is 11.4. The number of methoxy groups -OCH3 is 1. The minimum absolute atomic E-state index is 0.0981. The second-order valence-electron chi connectivity index (χ2n) is 9.82. The SMILES string of the molecule is CO[C@]1(C)CCCN(C)C2(CCN(C(=O)CN(C)C)CC2)COC(=O)[C@H](C)C(=O)CC1. The summed E-state index contributed by atoms with van der Waals surface area (Å²) in [6.07, 6.45) is 4.14. The number of ketones is 1. The zero-order valence-electron chi connectivity index (χ0n) is 20.2. The van der Waals surface area contributed by atoms with Crippen LogP contribution in [0.5, 0.6) is 0 Å². The molecule has 2 fully saturated rings. The van der Waals surface area contributed by atoms with Gasteiger partial charge in [0.25, 0.3) is 0 Å². The highest BCUT2D eigenvalue weighted by atomic mass is 16.5. The van der Waals surface area contributed by atoms with Gasteiger partial charge in [0.05, 0.1) is 17.7 Å². The molecule has 2 saturated heterocycles. The van der Waals surface area contributed by atoms with E-state index in [1.807, 2.05) is 30.8 Å². The summed E-state index contributed by atoms with van der Waals surface area (Å²) in [4.78, 5) is 43.7. The smallest absolute Gasteiger partial charge is 0.316 e. The fourth-order valence-corrected chi connectivity index (χ4v) is 4.50. The minimum Gasteiger partial charge on any atom is -0.463 e. The Morgan fingerprint density at radius 2 is 1.81 bits per heavy atom. The molecule has 2 rings (SSSR count). The van der Waals surface area contributed by atoms with Gasteiger partial charge in [0, 0.05) is 26.6 Å². The van der Waals surface area contributed by atoms with Gasteiger partial charge in [0.2, 0.25) is 5.91 Å². The molecule has 0 aliphatic carbocycles. The average molecular weight is 440 g/mol. The van der Waals surface area contributed by atoms with Crippen LogP contribution in [0.2, 0.25) is 0 Å². The Balaban J connectivity index is 2.16. The summed E-state index contributed by atoms with van der Waals surface area (Å²) in [5.41, 5.74) is -0.714. The van der Waals surface area contributed by atoms with Crippen molar-refractivity contribution in [1.82, 2.24) is 14.7 Å². The van der Waals surface area contributed by atoms with Crippen LogP contribution in [-0.2, 0) is 23.9 Å². The van der Waals surface area contributed by atoms with Crippen molar-refractivity contribution in [1.29, 1.82) is 0 Å². The van der Waals surface area contributed by atoms with Crippen molar-refractivity contribution in [3.63, 3.8) is 0 Å². The van der Waals surface area contributed by atoms with Crippen LogP contribution < -0.4 is 0 Å². The molecular formula is C23H41N3O5. The van der Waals surface area contributed by atoms with Crippen molar-refractivity contribution in [2.24, 2.45) is 5.92 Å². The van der Waals surface area contributed by atoms with Crippen molar-refractivity contribution < 1.29 is 23.9 Å². The summed E-state index contributed by atoms with van der Waals surface area (Å²) in [6.45, 7) is 6.43. The van der Waals surface area contributed by atoms with E-state index in [4.69, 9.17) is 9.47 Å². The lowest BCUT2D eigenvalue weighted by molar-refractivity contribution is -0.157. The number of ether oxygens (including phenoxy) is 2. The lowest BCUT2D eigenvalue weighted by Gasteiger charge is -2.47. The third-order valence-electron chi connectivity index (χ3n) is 7.22. The van der Waals surface area contributed by atoms with E-state index in [1.54, 1.807) is 14.0 Å². The van der Waals surface area contributed by atoms with Crippen LogP contribution in [-0.4, -0.2) is 105 Å². The number of likely N-dealkylation sites (tertiary alicyclic amines) is 1. The number of esters is 1. The molecular weight excluding hydrogens is 398 g/mol. The largest absolute Gasteiger partial charge is 0.463 e. The Bertz CT molecular complexity index is 645. The van der Waals surface area contributed by atoms with Crippen molar-refractivity contribution in [2.45, 2.75) is 63.5 Å². The molecule has 0 aromatic carbocycles. The topological polar surface area (TPSA) is 79.4 Å². The van der Waals surface area contributed by atoms with Crippen LogP contribution in [0.15, 0.2) is 0 Å². The predicted molar refractivity (Wildman–Crippen MR) is 119 cm³/mol. The lowest BCUT2D eigenvalue weighted by Crippen LogP contribution is -2.58. The van der Waals surface area contributed by atoms with Gasteiger partial charge in [0.1, 0.15) is 18.3 Å². The number of hydrogen-bond acceptors (Lipinski definition) is 7. The molecule has 2 atom stereocenters. The number of carbonyl (C=O) groups excluding carboxylic acids is 3. The van der Waals surface area contributed by atoms with E-state index < -0.39 is 11.9 Å². The van der Waals surface area contributed by atoms with Crippen LogP contribution in [0.4, 0.5) is 0 Å². The standard InChI is InChI=1S/C23H41N3O5/c1-18-19(27)8-10-22(2,30-6)9-7-13-25(5)23(17-31-21(18)29)11-14-26(15-12-23)20(28)16-24(3)4/h18H,7-17H2,1-6H3/t18-,22-/m1/s1. The zero-order valence-corrected chi connectivity index (χ0v) is 20.2. The van der Waals surface area contributed by atoms with Crippen molar-refractivity contribution in [2.75, 3.05) is 61.0 Å². The first-order chi connectivity index (χ1) is 14.5. The van der Waals surface area contributed by atoms with Gasteiger partial charge in [0.15, 0.2) is 0 Å². The van der Waals surface area contributed by atoms with E-state index in [-0.39, 0.29) is 29.4 Å². The molecule has 2 heterocycles. The Kier molecular flexibility index (Phi) is 9.03. The molecule has 0 unspecified atom stereocenters. The quantitative estimate of drug-likeness (QED) is 0.488. The number of Topliss-reactive ketones (excluding diaryl/α,β-unsaturated/α-hetero) is 1. The van der Waals surface area contributed by atoms with Gasteiger partial charge in [-0.1, -0.05) is 0 Å². The molecule has 8 nitrogen and oxygen atoms in total. The van der Waals surface area contributed by atoms with E-state index >= 15 is 0 Å². The van der Waals surface area contributed by atoms with Crippen molar-refractivity contribution >= 4 is 17.7 Å². The maximum absolute atomic E-state index is 12.6. The van der Waals surface area contributed by atoms with Crippen LogP contribution >= 0.6 is 0 Å². The van der Waals surface area contributed by atoms with Crippen LogP contribution in [0.25, 0.3) is 0 Å². The maximum atomic E-state index is 12.6. The molecule has 2 aliphatic rings. The molecule has 2 aliphatic heterocycles. The fraction of sp³-hybridized carbons (Fsp3) is 0.870. The minimum atomic E-state index is -0.772. The molecule has 178 valence electrons. The molecule has 0 aromatic rings. The Hall–Kier alpha value is -1.51. The number of likely N-dealkylation sites (N-methyl/N-ethyl adjacent to an activating group) is 2. The highest BCUT2D eigenvalue weighted by Crippen LogP contribution is 2.31. The van der Waals surface area contributed by atoms with Crippen molar-refractivity contribution in [3.05, 3.63) is 0 Å². The summed E-state index contributed by atoms with van der Waals surface area (Å²) >= 11 is 0. The van der Waals surface area contributed by atoms with Gasteiger partial charge < -0.3 is 19.3 Å². The number of carbonyl (C=O) groups is 3. The number of amides is 1. The van der Waals surface area contributed by atoms with Gasteiger partial charge in [-0.05, 0) is 73.6 Å². The average Bonchev–Trinajstić information content (AvgIpc) is 2.74. The van der Waals surface area contributed by atoms with Gasteiger partial charge >= 0.3 is 5.97 Å². The number of rotatable bonds is 3. The van der Waals surface area contributed by atoms with Crippen LogP contribution in [0.1, 0.15) is 52.4 Å². The highest BCUT2D eigenvalue weighted by Gasteiger charge is 2.41. The van der Waals surface area contributed by atoms with Crippen LogP contribution in [0, 0.1) is 5.92 Å². The third-order valence-corrected chi connectivity index (χ3v) is 7.22. The molecule has 1 amide bonds. The molecule has 8 heteroatoms. The normalized spacial score (nSPS) is 29.3. The number of piperidine rings is 1. The summed E-state index contributed by atoms with van der Waals surface area (Å²) in [6, 6.07) is 0. The lowest BCUT2D eigenvalue weighted by atomic mass is 9.86. The van der Waals surface area contributed by atoms with Gasteiger partial charge in [-0.2, -0.15) is 0 Å². The van der Waals surface area contributed by atoms with E-state index in [9.17, 15) is 14.4 Å². The Morgan fingerprint density at radius 1 is 1.16 bits per heavy atom. The zero-order chi connectivity index (χ0) is 23.2. The van der Waals surface area contributed by atoms with E-state index in [1.165, 1.54) is 0 Å². The Labute approximate surface area is 187 Å². The van der Waals surface area contributed by atoms with Crippen molar-refractivity contribution in [3.8, 4) is 0 Å². The molecule has 0 aromatic heterocycles. The summed E-state index contributed by atoms with van der Waals surface area (Å²) in [5, 5.41) is 0. The molecule has 0 bridgehead atoms. The first-order valence-corrected chi connectivity index (χ1v) is 11.4. The van der Waals surface area contributed by atoms with Gasteiger partial charge in [-0.25, -0.2) is 0 Å². The van der Waals surface area contributed by atoms with Gasteiger partial charge in [-0.15, -0.1) is 0 Å². The molecule has 1 spiro atoms. The van der Waals surface area contributed by atoms with Gasteiger partial charge in [-0.3, -0.25) is 19.3 Å². The first kappa shape index (κ1) is 25.7. The first-order valence-electron chi connectivity index (χ1n) is 11.4. The number of cyclic esters (lactones) is 1. The third kappa shape index (κ3) is 6.73. The summed E-state index contributed by atoms with van der Waals surface area (Å²) in [7, 11) is 7.54. The number of hydrogen-bond donors (Lipinski definition) is 0. The van der Waals surface area contributed by atoms with E-state index in [0.29, 0.717) is 32.5 Å². The van der Waals surface area contributed by atoms with E-state index in [2.05, 4.69) is 11.9 Å². The van der Waals surface area contributed by atoms with Crippen LogP contribution in [0.3, 0.4) is 0 Å². The Morgan fingerprint density at radius 3 is 2.39 bits per heavy atom. The maximum Gasteiger partial charge on any atom is 0.316 e. The second-order valence-corrected chi connectivity index (χ2v) is 9.82. The van der Waals surface area contributed by atoms with E-state index in [0.717, 1.165) is 32.2 Å². The fourth-order valence-electron chi connectivity index (χ4n) is 4.50. The number of nitrogens with zero attached hydrogens (tertiary/aromatic N) is 3. The molecule has 0 radical (unpaired) electrons. The predicted octanol–water partition coefficient (Wildman–Crippen LogP) is 1.57. The second kappa shape index (κ2) is 10.9. The monoisotopic (exact) mass is 439 g/mol. The summed E-state index contributed by atoms with van der Waals surface area (Å²) in [5.74, 6) is -1.20. The molecule has 0 N–H and O–H groups in total.